The number of hydrogen-bond acceptors (Lipinski definition) is 5. The summed E-state index contributed by atoms with van der Waals surface area (Å²) >= 11 is 3.39. The van der Waals surface area contributed by atoms with E-state index in [0.717, 1.165) is 10.0 Å². The molecule has 0 aliphatic heterocycles. The van der Waals surface area contributed by atoms with E-state index in [-0.39, 0.29) is 18.1 Å². The maximum absolute atomic E-state index is 12.7. The molecule has 0 spiro atoms. The van der Waals surface area contributed by atoms with Crippen LogP contribution in [0.3, 0.4) is 0 Å². The Bertz CT molecular complexity index is 1280. The van der Waals surface area contributed by atoms with Crippen molar-refractivity contribution in [2.45, 2.75) is 6.92 Å². The minimum Gasteiger partial charge on any atom is -0.495 e. The molecule has 0 atom stereocenters. The van der Waals surface area contributed by atoms with Gasteiger partial charge in [0.1, 0.15) is 23.1 Å². The van der Waals surface area contributed by atoms with Gasteiger partial charge in [-0.3, -0.25) is 9.59 Å². The van der Waals surface area contributed by atoms with Crippen LogP contribution in [-0.2, 0) is 9.59 Å². The number of hydrogen-bond donors (Lipinski definition) is 2. The normalized spacial score (nSPS) is 10.7. The number of aryl methyl sites for hydroxylation is 1. The van der Waals surface area contributed by atoms with Gasteiger partial charge in [-0.2, -0.15) is 5.26 Å². The fourth-order valence-electron chi connectivity index (χ4n) is 3.05. The number of carbonyl (C=O) groups is 2. The van der Waals surface area contributed by atoms with E-state index >= 15 is 0 Å². The second-order valence-corrected chi connectivity index (χ2v) is 8.07. The van der Waals surface area contributed by atoms with E-state index in [2.05, 4.69) is 26.6 Å². The average molecular weight is 520 g/mol. The summed E-state index contributed by atoms with van der Waals surface area (Å²) < 4.78 is 11.7. The van der Waals surface area contributed by atoms with Crippen LogP contribution >= 0.6 is 15.9 Å². The molecule has 3 aromatic rings. The summed E-state index contributed by atoms with van der Waals surface area (Å²) in [6, 6.07) is 21.3. The third-order valence-corrected chi connectivity index (χ3v) is 5.26. The number of methoxy groups -OCH3 is 1. The van der Waals surface area contributed by atoms with Gasteiger partial charge in [0.25, 0.3) is 11.8 Å². The standard InChI is InChI=1S/C26H22BrN3O4/c1-17-7-3-4-8-21(17)30-26(32)19(15-28)13-18-14-20(27)11-12-23(18)34-16-25(31)29-22-9-5-6-10-24(22)33-2/h3-14H,16H2,1-2H3,(H,29,31)(H,30,32)/b19-13-. The molecule has 0 fully saturated rings. The lowest BCUT2D eigenvalue weighted by Gasteiger charge is -2.12. The fourth-order valence-corrected chi connectivity index (χ4v) is 3.43. The molecular formula is C26H22BrN3O4. The first-order chi connectivity index (χ1) is 16.4. The largest absolute Gasteiger partial charge is 0.495 e. The van der Waals surface area contributed by atoms with Crippen molar-refractivity contribution < 1.29 is 19.1 Å². The molecule has 0 saturated carbocycles. The number of carbonyl (C=O) groups excluding carboxylic acids is 2. The fraction of sp³-hybridized carbons (Fsp3) is 0.115. The number of para-hydroxylation sites is 3. The van der Waals surface area contributed by atoms with Crippen LogP contribution in [-0.4, -0.2) is 25.5 Å². The quantitative estimate of drug-likeness (QED) is 0.309. The Kier molecular flexibility index (Phi) is 8.43. The Morgan fingerprint density at radius 3 is 2.41 bits per heavy atom. The van der Waals surface area contributed by atoms with Crippen LogP contribution < -0.4 is 20.1 Å². The Labute approximate surface area is 206 Å². The first-order valence-corrected chi connectivity index (χ1v) is 11.0. The highest BCUT2D eigenvalue weighted by Crippen LogP contribution is 2.27. The lowest BCUT2D eigenvalue weighted by atomic mass is 10.1. The third-order valence-electron chi connectivity index (χ3n) is 4.77. The Balaban J connectivity index is 1.76. The molecule has 2 amide bonds. The smallest absolute Gasteiger partial charge is 0.266 e. The molecule has 0 aromatic heterocycles. The van der Waals surface area contributed by atoms with E-state index in [4.69, 9.17) is 9.47 Å². The number of halogens is 1. The van der Waals surface area contributed by atoms with Gasteiger partial charge in [0, 0.05) is 15.7 Å². The van der Waals surface area contributed by atoms with Crippen molar-refractivity contribution in [1.82, 2.24) is 0 Å². The maximum Gasteiger partial charge on any atom is 0.266 e. The van der Waals surface area contributed by atoms with E-state index in [1.54, 1.807) is 54.6 Å². The predicted octanol–water partition coefficient (Wildman–Crippen LogP) is 5.33. The zero-order chi connectivity index (χ0) is 24.5. The van der Waals surface area contributed by atoms with Gasteiger partial charge in [-0.25, -0.2) is 0 Å². The van der Waals surface area contributed by atoms with E-state index in [0.29, 0.717) is 28.4 Å². The van der Waals surface area contributed by atoms with E-state index in [1.165, 1.54) is 13.2 Å². The second kappa shape index (κ2) is 11.7. The number of ether oxygens (including phenoxy) is 2. The molecule has 3 aromatic carbocycles. The lowest BCUT2D eigenvalue weighted by Crippen LogP contribution is -2.20. The minimum atomic E-state index is -0.545. The van der Waals surface area contributed by atoms with Crippen LogP contribution in [0.2, 0.25) is 0 Å². The molecule has 172 valence electrons. The first kappa shape index (κ1) is 24.6. The minimum absolute atomic E-state index is 0.107. The van der Waals surface area contributed by atoms with Crippen molar-refractivity contribution in [2.24, 2.45) is 0 Å². The lowest BCUT2D eigenvalue weighted by molar-refractivity contribution is -0.118. The number of amides is 2. The Hall–Kier alpha value is -4.09. The van der Waals surface area contributed by atoms with Gasteiger partial charge in [0.2, 0.25) is 0 Å². The van der Waals surface area contributed by atoms with Gasteiger partial charge in [-0.15, -0.1) is 0 Å². The molecule has 2 N–H and O–H groups in total. The zero-order valence-electron chi connectivity index (χ0n) is 18.6. The number of nitrogens with one attached hydrogen (secondary N) is 2. The van der Waals surface area contributed by atoms with Crippen molar-refractivity contribution in [2.75, 3.05) is 24.4 Å². The van der Waals surface area contributed by atoms with Gasteiger partial charge in [-0.05, 0) is 55.0 Å². The van der Waals surface area contributed by atoms with Gasteiger partial charge in [0.05, 0.1) is 12.8 Å². The highest BCUT2D eigenvalue weighted by molar-refractivity contribution is 9.10. The van der Waals surface area contributed by atoms with Crippen molar-refractivity contribution in [3.8, 4) is 17.6 Å². The monoisotopic (exact) mass is 519 g/mol. The molecule has 0 saturated heterocycles. The molecule has 0 heterocycles. The maximum atomic E-state index is 12.7. The predicted molar refractivity (Wildman–Crippen MR) is 135 cm³/mol. The van der Waals surface area contributed by atoms with E-state index in [1.807, 2.05) is 25.1 Å². The van der Waals surface area contributed by atoms with Gasteiger partial charge < -0.3 is 20.1 Å². The first-order valence-electron chi connectivity index (χ1n) is 10.2. The van der Waals surface area contributed by atoms with E-state index in [9.17, 15) is 14.9 Å². The van der Waals surface area contributed by atoms with Crippen LogP contribution in [0.15, 0.2) is 76.8 Å². The molecular weight excluding hydrogens is 498 g/mol. The molecule has 3 rings (SSSR count). The van der Waals surface area contributed by atoms with Gasteiger partial charge >= 0.3 is 0 Å². The number of benzene rings is 3. The molecule has 8 heteroatoms. The zero-order valence-corrected chi connectivity index (χ0v) is 20.2. The molecule has 0 aliphatic carbocycles. The van der Waals surface area contributed by atoms with E-state index < -0.39 is 5.91 Å². The topological polar surface area (TPSA) is 100 Å². The molecule has 0 unspecified atom stereocenters. The van der Waals surface area contributed by atoms with Crippen molar-refractivity contribution in [3.05, 3.63) is 87.9 Å². The number of nitrogens with zero attached hydrogens (tertiary/aromatic N) is 1. The van der Waals surface area contributed by atoms with Crippen LogP contribution in [0, 0.1) is 18.3 Å². The highest BCUT2D eigenvalue weighted by atomic mass is 79.9. The van der Waals surface area contributed by atoms with Crippen molar-refractivity contribution in [3.63, 3.8) is 0 Å². The van der Waals surface area contributed by atoms with Gasteiger partial charge in [0.15, 0.2) is 6.61 Å². The van der Waals surface area contributed by atoms with Crippen molar-refractivity contribution >= 4 is 45.2 Å². The van der Waals surface area contributed by atoms with Crippen molar-refractivity contribution in [1.29, 1.82) is 5.26 Å². The number of anilines is 2. The summed E-state index contributed by atoms with van der Waals surface area (Å²) in [4.78, 5) is 25.1. The summed E-state index contributed by atoms with van der Waals surface area (Å²) in [5.74, 6) is -0.0620. The van der Waals surface area contributed by atoms with Crippen LogP contribution in [0.25, 0.3) is 6.08 Å². The summed E-state index contributed by atoms with van der Waals surface area (Å²) in [5.41, 5.74) is 2.38. The average Bonchev–Trinajstić information content (AvgIpc) is 2.83. The molecule has 34 heavy (non-hydrogen) atoms. The van der Waals surface area contributed by atoms with Crippen LogP contribution in [0.1, 0.15) is 11.1 Å². The van der Waals surface area contributed by atoms with Gasteiger partial charge in [-0.1, -0.05) is 46.3 Å². The van der Waals surface area contributed by atoms with Crippen LogP contribution in [0.4, 0.5) is 11.4 Å². The summed E-state index contributed by atoms with van der Waals surface area (Å²) in [7, 11) is 1.52. The third kappa shape index (κ3) is 6.47. The highest BCUT2D eigenvalue weighted by Gasteiger charge is 2.14. The Morgan fingerprint density at radius 2 is 1.71 bits per heavy atom. The second-order valence-electron chi connectivity index (χ2n) is 7.16. The molecule has 0 aliphatic rings. The summed E-state index contributed by atoms with van der Waals surface area (Å²) in [6.45, 7) is 1.58. The molecule has 0 radical (unpaired) electrons. The molecule has 7 nitrogen and oxygen atoms in total. The number of rotatable bonds is 8. The molecule has 0 bridgehead atoms. The summed E-state index contributed by atoms with van der Waals surface area (Å²) in [5, 5.41) is 15.1. The van der Waals surface area contributed by atoms with Crippen LogP contribution in [0.5, 0.6) is 11.5 Å². The Morgan fingerprint density at radius 1 is 1.00 bits per heavy atom. The summed E-state index contributed by atoms with van der Waals surface area (Å²) in [6.07, 6.45) is 1.42. The SMILES string of the molecule is COc1ccccc1NC(=O)COc1ccc(Br)cc1/C=C(/C#N)C(=O)Nc1ccccc1C. The number of nitriles is 1.